The summed E-state index contributed by atoms with van der Waals surface area (Å²) in [6.45, 7) is 2.91. The van der Waals surface area contributed by atoms with Crippen LogP contribution in [0.5, 0.6) is 0 Å². The SMILES string of the molecule is CSc1ccc(CNc2cc(N3CCSCC3)ncn2)cc1. The van der Waals surface area contributed by atoms with E-state index in [1.54, 1.807) is 18.1 Å². The Morgan fingerprint density at radius 3 is 2.68 bits per heavy atom. The van der Waals surface area contributed by atoms with Crippen molar-refractivity contribution in [2.75, 3.05) is 41.1 Å². The van der Waals surface area contributed by atoms with E-state index in [0.717, 1.165) is 31.3 Å². The topological polar surface area (TPSA) is 41.0 Å². The molecule has 4 nitrogen and oxygen atoms in total. The molecule has 0 unspecified atom stereocenters. The number of nitrogens with one attached hydrogen (secondary N) is 1. The summed E-state index contributed by atoms with van der Waals surface area (Å²) in [5, 5.41) is 3.39. The van der Waals surface area contributed by atoms with Gasteiger partial charge in [0.2, 0.25) is 0 Å². The standard InChI is InChI=1S/C16H20N4S2/c1-21-14-4-2-13(3-5-14)11-17-15-10-16(19-12-18-15)20-6-8-22-9-7-20/h2-5,10,12H,6-9,11H2,1H3,(H,17,18,19). The number of aromatic nitrogens is 2. The van der Waals surface area contributed by atoms with Crippen molar-refractivity contribution in [3.8, 4) is 0 Å². The zero-order valence-corrected chi connectivity index (χ0v) is 14.3. The lowest BCUT2D eigenvalue weighted by molar-refractivity contribution is 0.835. The van der Waals surface area contributed by atoms with Crippen molar-refractivity contribution < 1.29 is 0 Å². The lowest BCUT2D eigenvalue weighted by atomic mass is 10.2. The van der Waals surface area contributed by atoms with Gasteiger partial charge < -0.3 is 10.2 Å². The van der Waals surface area contributed by atoms with E-state index in [1.807, 2.05) is 17.8 Å². The zero-order valence-electron chi connectivity index (χ0n) is 12.7. The summed E-state index contributed by atoms with van der Waals surface area (Å²) in [7, 11) is 0. The average Bonchev–Trinajstić information content (AvgIpc) is 2.61. The Labute approximate surface area is 140 Å². The van der Waals surface area contributed by atoms with Gasteiger partial charge in [0.1, 0.15) is 18.0 Å². The first-order valence-electron chi connectivity index (χ1n) is 7.37. The van der Waals surface area contributed by atoms with Crippen molar-refractivity contribution >= 4 is 35.2 Å². The monoisotopic (exact) mass is 332 g/mol. The molecule has 0 atom stereocenters. The molecule has 1 aromatic heterocycles. The molecule has 2 aromatic rings. The van der Waals surface area contributed by atoms with Crippen LogP contribution in [0.1, 0.15) is 5.56 Å². The van der Waals surface area contributed by atoms with Gasteiger partial charge in [-0.15, -0.1) is 11.8 Å². The van der Waals surface area contributed by atoms with Gasteiger partial charge in [0.15, 0.2) is 0 Å². The number of rotatable bonds is 5. The largest absolute Gasteiger partial charge is 0.366 e. The molecule has 0 radical (unpaired) electrons. The van der Waals surface area contributed by atoms with Gasteiger partial charge in [0.05, 0.1) is 0 Å². The van der Waals surface area contributed by atoms with Gasteiger partial charge in [-0.25, -0.2) is 9.97 Å². The van der Waals surface area contributed by atoms with Crippen molar-refractivity contribution in [1.82, 2.24) is 9.97 Å². The van der Waals surface area contributed by atoms with Crippen LogP contribution in [0.2, 0.25) is 0 Å². The Balaban J connectivity index is 1.62. The summed E-state index contributed by atoms with van der Waals surface area (Å²) >= 11 is 3.77. The summed E-state index contributed by atoms with van der Waals surface area (Å²) in [6.07, 6.45) is 3.74. The molecule has 2 heterocycles. The molecule has 0 bridgehead atoms. The van der Waals surface area contributed by atoms with Gasteiger partial charge in [-0.3, -0.25) is 0 Å². The smallest absolute Gasteiger partial charge is 0.134 e. The van der Waals surface area contributed by atoms with Gasteiger partial charge in [-0.2, -0.15) is 11.8 Å². The van der Waals surface area contributed by atoms with Gasteiger partial charge >= 0.3 is 0 Å². The highest BCUT2D eigenvalue weighted by Gasteiger charge is 2.12. The number of anilines is 2. The summed E-state index contributed by atoms with van der Waals surface area (Å²) < 4.78 is 0. The molecule has 1 aromatic carbocycles. The van der Waals surface area contributed by atoms with Crippen LogP contribution in [-0.2, 0) is 6.54 Å². The molecule has 22 heavy (non-hydrogen) atoms. The normalized spacial score (nSPS) is 14.9. The van der Waals surface area contributed by atoms with E-state index in [4.69, 9.17) is 0 Å². The minimum Gasteiger partial charge on any atom is -0.366 e. The Bertz CT molecular complexity index is 597. The third-order valence-electron chi connectivity index (χ3n) is 3.62. The number of nitrogens with zero attached hydrogens (tertiary/aromatic N) is 3. The maximum atomic E-state index is 4.40. The average molecular weight is 332 g/mol. The molecule has 3 rings (SSSR count). The number of hydrogen-bond acceptors (Lipinski definition) is 6. The quantitative estimate of drug-likeness (QED) is 0.847. The predicted octanol–water partition coefficient (Wildman–Crippen LogP) is 3.36. The van der Waals surface area contributed by atoms with Crippen LogP contribution < -0.4 is 10.2 Å². The van der Waals surface area contributed by atoms with Crippen LogP contribution in [0, 0.1) is 0 Å². The second-order valence-electron chi connectivity index (χ2n) is 5.06. The molecule has 1 aliphatic heterocycles. The van der Waals surface area contributed by atoms with E-state index in [1.165, 1.54) is 22.0 Å². The number of benzene rings is 1. The van der Waals surface area contributed by atoms with Gasteiger partial charge in [-0.1, -0.05) is 12.1 Å². The fourth-order valence-corrected chi connectivity index (χ4v) is 3.66. The van der Waals surface area contributed by atoms with Crippen LogP contribution in [0.25, 0.3) is 0 Å². The summed E-state index contributed by atoms with van der Waals surface area (Å²) in [6, 6.07) is 10.7. The van der Waals surface area contributed by atoms with Crippen molar-refractivity contribution in [2.24, 2.45) is 0 Å². The van der Waals surface area contributed by atoms with Gasteiger partial charge in [0, 0.05) is 42.1 Å². The molecule has 6 heteroatoms. The van der Waals surface area contributed by atoms with E-state index < -0.39 is 0 Å². The molecule has 0 aliphatic carbocycles. The van der Waals surface area contributed by atoms with Crippen molar-refractivity contribution in [3.05, 3.63) is 42.2 Å². The maximum absolute atomic E-state index is 4.40. The van der Waals surface area contributed by atoms with Crippen molar-refractivity contribution in [3.63, 3.8) is 0 Å². The highest BCUT2D eigenvalue weighted by atomic mass is 32.2. The Morgan fingerprint density at radius 1 is 1.18 bits per heavy atom. The third-order valence-corrected chi connectivity index (χ3v) is 5.31. The van der Waals surface area contributed by atoms with Crippen LogP contribution in [0.15, 0.2) is 41.6 Å². The molecular weight excluding hydrogens is 312 g/mol. The first-order valence-corrected chi connectivity index (χ1v) is 9.74. The molecular formula is C16H20N4S2. The third kappa shape index (κ3) is 4.08. The van der Waals surface area contributed by atoms with E-state index in [9.17, 15) is 0 Å². The van der Waals surface area contributed by atoms with E-state index in [0.29, 0.717) is 0 Å². The van der Waals surface area contributed by atoms with Gasteiger partial charge in [0.25, 0.3) is 0 Å². The second kappa shape index (κ2) is 7.74. The first kappa shape index (κ1) is 15.5. The van der Waals surface area contributed by atoms with Crippen molar-refractivity contribution in [2.45, 2.75) is 11.4 Å². The zero-order chi connectivity index (χ0) is 15.2. The van der Waals surface area contributed by atoms with Crippen LogP contribution in [0.3, 0.4) is 0 Å². The first-order chi connectivity index (χ1) is 10.8. The second-order valence-corrected chi connectivity index (χ2v) is 7.17. The lowest BCUT2D eigenvalue weighted by Crippen LogP contribution is -2.33. The molecule has 116 valence electrons. The minimum atomic E-state index is 0.779. The Hall–Kier alpha value is -1.40. The lowest BCUT2D eigenvalue weighted by Gasteiger charge is -2.27. The van der Waals surface area contributed by atoms with Crippen LogP contribution in [0.4, 0.5) is 11.6 Å². The fourth-order valence-electron chi connectivity index (χ4n) is 2.35. The Morgan fingerprint density at radius 2 is 1.95 bits per heavy atom. The summed E-state index contributed by atoms with van der Waals surface area (Å²) in [5.41, 5.74) is 1.26. The molecule has 1 fully saturated rings. The summed E-state index contributed by atoms with van der Waals surface area (Å²) in [5.74, 6) is 4.26. The van der Waals surface area contributed by atoms with Crippen molar-refractivity contribution in [1.29, 1.82) is 0 Å². The highest BCUT2D eigenvalue weighted by Crippen LogP contribution is 2.19. The molecule has 1 aliphatic rings. The molecule has 0 spiro atoms. The minimum absolute atomic E-state index is 0.779. The van der Waals surface area contributed by atoms with Gasteiger partial charge in [-0.05, 0) is 24.0 Å². The maximum Gasteiger partial charge on any atom is 0.134 e. The van der Waals surface area contributed by atoms with Crippen LogP contribution in [-0.4, -0.2) is 40.8 Å². The number of hydrogen-bond donors (Lipinski definition) is 1. The van der Waals surface area contributed by atoms with E-state index in [-0.39, 0.29) is 0 Å². The van der Waals surface area contributed by atoms with Crippen LogP contribution >= 0.6 is 23.5 Å². The number of thioether (sulfide) groups is 2. The fraction of sp³-hybridized carbons (Fsp3) is 0.375. The highest BCUT2D eigenvalue weighted by molar-refractivity contribution is 7.99. The molecule has 0 amide bonds. The molecule has 0 saturated carbocycles. The summed E-state index contributed by atoms with van der Waals surface area (Å²) in [4.78, 5) is 12.3. The van der Waals surface area contributed by atoms with E-state index in [2.05, 4.69) is 50.7 Å². The molecule has 1 N–H and O–H groups in total. The Kier molecular flexibility index (Phi) is 5.45. The van der Waals surface area contributed by atoms with E-state index >= 15 is 0 Å². The molecule has 1 saturated heterocycles. The predicted molar refractivity (Wildman–Crippen MR) is 97.1 cm³/mol.